The lowest BCUT2D eigenvalue weighted by molar-refractivity contribution is -0.117. The topological polar surface area (TPSA) is 105 Å². The summed E-state index contributed by atoms with van der Waals surface area (Å²) in [7, 11) is 1.61. The number of carboxylic acid groups (broad SMARTS) is 1. The van der Waals surface area contributed by atoms with E-state index >= 15 is 0 Å². The zero-order valence-corrected chi connectivity index (χ0v) is 18.4. The predicted molar refractivity (Wildman–Crippen MR) is 123 cm³/mol. The molecule has 2 aromatic carbocycles. The Hall–Kier alpha value is -2.71. The molecule has 3 rings (SSSR count). The number of piperidine rings is 1. The first-order chi connectivity index (χ1) is 15.0. The van der Waals surface area contributed by atoms with E-state index in [1.54, 1.807) is 18.9 Å². The van der Waals surface area contributed by atoms with Gasteiger partial charge in [-0.3, -0.25) is 4.79 Å². The second-order valence-corrected chi connectivity index (χ2v) is 8.70. The number of methoxy groups -OCH3 is 1. The average Bonchev–Trinajstić information content (AvgIpc) is 2.79. The van der Waals surface area contributed by atoms with Crippen LogP contribution in [0.4, 0.5) is 10.5 Å². The highest BCUT2D eigenvalue weighted by Crippen LogP contribution is 2.34. The number of likely N-dealkylation sites (tertiary alicyclic amines) is 1. The number of hydrogen-bond donors (Lipinski definition) is 3. The normalized spacial score (nSPS) is 15.4. The van der Waals surface area contributed by atoms with Crippen LogP contribution in [0.1, 0.15) is 24.8 Å². The number of thioether (sulfide) groups is 1. The molecule has 1 unspecified atom stereocenters. The molecule has 0 aromatic heterocycles. The first kappa shape index (κ1) is 23.0. The minimum absolute atomic E-state index is 0.243. The standard InChI is InChI=1S/C23H29N3O4S/c1-30-20-14-18(7-8-21(20)31-15-17-5-3-2-4-6-17)25-22(27)19(24)13-16-9-11-26(12-10-16)23(28)29/h2-8,14,16,19H,9-13,15,24H2,1H3,(H,25,27)(H,28,29). The van der Waals surface area contributed by atoms with Crippen LogP contribution in [0.2, 0.25) is 0 Å². The van der Waals surface area contributed by atoms with Crippen LogP contribution < -0.4 is 15.8 Å². The van der Waals surface area contributed by atoms with E-state index in [1.165, 1.54) is 10.5 Å². The number of nitrogens with two attached hydrogens (primary N) is 1. The van der Waals surface area contributed by atoms with E-state index in [-0.39, 0.29) is 11.8 Å². The van der Waals surface area contributed by atoms with Gasteiger partial charge in [0, 0.05) is 35.5 Å². The largest absolute Gasteiger partial charge is 0.496 e. The lowest BCUT2D eigenvalue weighted by Crippen LogP contribution is -2.41. The smallest absolute Gasteiger partial charge is 0.407 e. The van der Waals surface area contributed by atoms with Crippen LogP contribution in [-0.4, -0.2) is 48.2 Å². The molecule has 0 aliphatic carbocycles. The number of anilines is 1. The third-order valence-corrected chi connectivity index (χ3v) is 6.60. The van der Waals surface area contributed by atoms with Gasteiger partial charge in [0.25, 0.3) is 0 Å². The zero-order valence-electron chi connectivity index (χ0n) is 17.6. The van der Waals surface area contributed by atoms with Crippen molar-refractivity contribution in [3.8, 4) is 5.75 Å². The fourth-order valence-electron chi connectivity index (χ4n) is 3.66. The molecule has 2 amide bonds. The maximum Gasteiger partial charge on any atom is 0.407 e. The van der Waals surface area contributed by atoms with E-state index in [2.05, 4.69) is 17.4 Å². The van der Waals surface area contributed by atoms with Crippen LogP contribution in [0.15, 0.2) is 53.4 Å². The zero-order chi connectivity index (χ0) is 22.2. The van der Waals surface area contributed by atoms with E-state index in [1.807, 2.05) is 36.4 Å². The SMILES string of the molecule is COc1cc(NC(=O)C(N)CC2CCN(C(=O)O)CC2)ccc1SCc1ccccc1. The molecule has 1 aliphatic rings. The van der Waals surface area contributed by atoms with Gasteiger partial charge in [-0.15, -0.1) is 11.8 Å². The molecule has 1 heterocycles. The van der Waals surface area contributed by atoms with Crippen LogP contribution >= 0.6 is 11.8 Å². The van der Waals surface area contributed by atoms with Gasteiger partial charge in [0.1, 0.15) is 5.75 Å². The summed E-state index contributed by atoms with van der Waals surface area (Å²) in [6, 6.07) is 15.2. The first-order valence-electron chi connectivity index (χ1n) is 10.4. The van der Waals surface area contributed by atoms with Crippen molar-refractivity contribution >= 4 is 29.4 Å². The molecular formula is C23H29N3O4S. The van der Waals surface area contributed by atoms with E-state index < -0.39 is 12.1 Å². The number of ether oxygens (including phenoxy) is 1. The van der Waals surface area contributed by atoms with Crippen LogP contribution in [0.3, 0.4) is 0 Å². The predicted octanol–water partition coefficient (Wildman–Crippen LogP) is 4.03. The monoisotopic (exact) mass is 443 g/mol. The maximum absolute atomic E-state index is 12.6. The summed E-state index contributed by atoms with van der Waals surface area (Å²) in [5.41, 5.74) is 8.00. The fraction of sp³-hybridized carbons (Fsp3) is 0.391. The highest BCUT2D eigenvalue weighted by molar-refractivity contribution is 7.98. The quantitative estimate of drug-likeness (QED) is 0.532. The van der Waals surface area contributed by atoms with Crippen molar-refractivity contribution in [2.24, 2.45) is 11.7 Å². The van der Waals surface area contributed by atoms with Crippen LogP contribution in [0.5, 0.6) is 5.75 Å². The summed E-state index contributed by atoms with van der Waals surface area (Å²) in [4.78, 5) is 26.0. The van der Waals surface area contributed by atoms with E-state index in [0.29, 0.717) is 30.9 Å². The Balaban J connectivity index is 1.52. The Morgan fingerprint density at radius 2 is 1.94 bits per heavy atom. The van der Waals surface area contributed by atoms with Crippen molar-refractivity contribution in [2.45, 2.75) is 36.0 Å². The van der Waals surface area contributed by atoms with Gasteiger partial charge in [-0.05, 0) is 42.9 Å². The summed E-state index contributed by atoms with van der Waals surface area (Å²) in [6.07, 6.45) is 1.12. The molecule has 166 valence electrons. The molecule has 0 spiro atoms. The number of rotatable bonds is 8. The third-order valence-electron chi connectivity index (χ3n) is 5.48. The third kappa shape index (κ3) is 6.63. The Bertz CT molecular complexity index is 886. The minimum Gasteiger partial charge on any atom is -0.496 e. The Morgan fingerprint density at radius 3 is 2.58 bits per heavy atom. The Morgan fingerprint density at radius 1 is 1.23 bits per heavy atom. The maximum atomic E-state index is 12.6. The van der Waals surface area contributed by atoms with Gasteiger partial charge in [0.2, 0.25) is 5.91 Å². The molecule has 31 heavy (non-hydrogen) atoms. The van der Waals surface area contributed by atoms with Crippen LogP contribution in [0, 0.1) is 5.92 Å². The second-order valence-electron chi connectivity index (χ2n) is 7.68. The van der Waals surface area contributed by atoms with E-state index in [0.717, 1.165) is 23.5 Å². The molecule has 1 aliphatic heterocycles. The number of nitrogens with one attached hydrogen (secondary N) is 1. The van der Waals surface area contributed by atoms with Crippen molar-refractivity contribution in [2.75, 3.05) is 25.5 Å². The summed E-state index contributed by atoms with van der Waals surface area (Å²) < 4.78 is 5.51. The van der Waals surface area contributed by atoms with Gasteiger partial charge in [0.15, 0.2) is 0 Å². The number of carbonyl (C=O) groups is 2. The molecule has 0 radical (unpaired) electrons. The van der Waals surface area contributed by atoms with Crippen molar-refractivity contribution in [1.82, 2.24) is 4.90 Å². The van der Waals surface area contributed by atoms with Crippen LogP contribution in [-0.2, 0) is 10.5 Å². The Labute approximate surface area is 187 Å². The van der Waals surface area contributed by atoms with Crippen LogP contribution in [0.25, 0.3) is 0 Å². The van der Waals surface area contributed by atoms with Gasteiger partial charge >= 0.3 is 6.09 Å². The van der Waals surface area contributed by atoms with Crippen molar-refractivity contribution in [3.05, 3.63) is 54.1 Å². The van der Waals surface area contributed by atoms with Gasteiger partial charge in [-0.1, -0.05) is 30.3 Å². The molecule has 0 bridgehead atoms. The van der Waals surface area contributed by atoms with Crippen molar-refractivity contribution in [1.29, 1.82) is 0 Å². The first-order valence-corrected chi connectivity index (χ1v) is 11.3. The summed E-state index contributed by atoms with van der Waals surface area (Å²) in [5, 5.41) is 11.9. The minimum atomic E-state index is -0.889. The summed E-state index contributed by atoms with van der Waals surface area (Å²) in [5.74, 6) is 1.54. The fourth-order valence-corrected chi connectivity index (χ4v) is 4.62. The highest BCUT2D eigenvalue weighted by Gasteiger charge is 2.26. The molecule has 2 aromatic rings. The second kappa shape index (κ2) is 11.1. The molecule has 7 nitrogen and oxygen atoms in total. The lowest BCUT2D eigenvalue weighted by Gasteiger charge is -2.31. The van der Waals surface area contributed by atoms with Gasteiger partial charge < -0.3 is 25.8 Å². The molecule has 8 heteroatoms. The number of amides is 2. The number of hydrogen-bond acceptors (Lipinski definition) is 5. The highest BCUT2D eigenvalue weighted by atomic mass is 32.2. The van der Waals surface area contributed by atoms with E-state index in [4.69, 9.17) is 15.6 Å². The average molecular weight is 444 g/mol. The summed E-state index contributed by atoms with van der Waals surface area (Å²) in [6.45, 7) is 0.987. The molecular weight excluding hydrogens is 414 g/mol. The number of nitrogens with zero attached hydrogens (tertiary/aromatic N) is 1. The molecule has 1 saturated heterocycles. The molecule has 0 saturated carbocycles. The van der Waals surface area contributed by atoms with E-state index in [9.17, 15) is 9.59 Å². The number of benzene rings is 2. The summed E-state index contributed by atoms with van der Waals surface area (Å²) >= 11 is 1.68. The Kier molecular flexibility index (Phi) is 8.20. The lowest BCUT2D eigenvalue weighted by atomic mass is 9.90. The number of carbonyl (C=O) groups excluding carboxylic acids is 1. The van der Waals surface area contributed by atoms with Crippen molar-refractivity contribution < 1.29 is 19.4 Å². The van der Waals surface area contributed by atoms with Crippen molar-refractivity contribution in [3.63, 3.8) is 0 Å². The molecule has 1 fully saturated rings. The van der Waals surface area contributed by atoms with Gasteiger partial charge in [-0.25, -0.2) is 4.79 Å². The molecule has 4 N–H and O–H groups in total. The molecule has 1 atom stereocenters. The van der Waals surface area contributed by atoms with Gasteiger partial charge in [-0.2, -0.15) is 0 Å². The van der Waals surface area contributed by atoms with Gasteiger partial charge in [0.05, 0.1) is 13.2 Å².